The molecule has 0 radical (unpaired) electrons. The van der Waals surface area contributed by atoms with Crippen molar-refractivity contribution in [1.29, 1.82) is 0 Å². The molecule has 0 spiro atoms. The second-order valence-electron chi connectivity index (χ2n) is 6.58. The zero-order valence-electron chi connectivity index (χ0n) is 18.1. The third-order valence-electron chi connectivity index (χ3n) is 4.50. The Balaban J connectivity index is 2.04. The summed E-state index contributed by atoms with van der Waals surface area (Å²) in [4.78, 5) is 23.5. The topological polar surface area (TPSA) is 140 Å². The molecular weight excluding hydrogens is 484 g/mol. The Morgan fingerprint density at radius 1 is 1.18 bits per heavy atom. The summed E-state index contributed by atoms with van der Waals surface area (Å²) in [6, 6.07) is 12.8. The van der Waals surface area contributed by atoms with Crippen LogP contribution >= 0.6 is 11.3 Å². The molecule has 1 aromatic heterocycles. The highest BCUT2D eigenvalue weighted by molar-refractivity contribution is 7.93. The van der Waals surface area contributed by atoms with E-state index in [4.69, 9.17) is 9.47 Å². The number of benzene rings is 2. The van der Waals surface area contributed by atoms with Gasteiger partial charge in [-0.25, -0.2) is 13.8 Å². The number of rotatable bonds is 10. The molecule has 0 aliphatic heterocycles. The van der Waals surface area contributed by atoms with Gasteiger partial charge in [0.1, 0.15) is 18.0 Å². The van der Waals surface area contributed by atoms with Crippen molar-refractivity contribution in [1.82, 2.24) is 5.43 Å². The molecule has 0 saturated heterocycles. The average Bonchev–Trinajstić information content (AvgIpc) is 3.35. The fourth-order valence-electron chi connectivity index (χ4n) is 2.93. The van der Waals surface area contributed by atoms with Gasteiger partial charge < -0.3 is 9.47 Å². The Bertz CT molecular complexity index is 1310. The lowest BCUT2D eigenvalue weighted by Crippen LogP contribution is -2.40. The number of ether oxygens (including phenoxy) is 2. The first-order chi connectivity index (χ1) is 16.3. The molecule has 34 heavy (non-hydrogen) atoms. The molecule has 0 aliphatic rings. The number of nitrogens with zero attached hydrogens (tertiary/aromatic N) is 3. The van der Waals surface area contributed by atoms with E-state index in [0.717, 1.165) is 21.3 Å². The number of anilines is 1. The van der Waals surface area contributed by atoms with Crippen molar-refractivity contribution in [2.75, 3.05) is 25.1 Å². The first kappa shape index (κ1) is 24.7. The first-order valence-corrected chi connectivity index (χ1v) is 11.9. The number of hydrazone groups is 1. The molecule has 13 heteroatoms. The number of thiophene rings is 1. The van der Waals surface area contributed by atoms with Crippen LogP contribution in [0.1, 0.15) is 4.88 Å². The van der Waals surface area contributed by atoms with Gasteiger partial charge in [-0.2, -0.15) is 5.10 Å². The number of hydrogen-bond acceptors (Lipinski definition) is 9. The molecule has 11 nitrogen and oxygen atoms in total. The zero-order valence-corrected chi connectivity index (χ0v) is 19.7. The predicted molar refractivity (Wildman–Crippen MR) is 127 cm³/mol. The van der Waals surface area contributed by atoms with Gasteiger partial charge in [-0.3, -0.25) is 19.2 Å². The van der Waals surface area contributed by atoms with Crippen LogP contribution in [0.5, 0.6) is 11.5 Å². The van der Waals surface area contributed by atoms with Crippen molar-refractivity contribution in [3.8, 4) is 11.5 Å². The van der Waals surface area contributed by atoms with E-state index >= 15 is 0 Å². The number of nitro benzene ring substituents is 1. The highest BCUT2D eigenvalue weighted by atomic mass is 32.2. The number of carbonyl (C=O) groups excluding carboxylic acids is 1. The van der Waals surface area contributed by atoms with Gasteiger partial charge in [0.2, 0.25) is 0 Å². The maximum Gasteiger partial charge on any atom is 0.289 e. The monoisotopic (exact) mass is 504 g/mol. The quantitative estimate of drug-likeness (QED) is 0.254. The van der Waals surface area contributed by atoms with Crippen molar-refractivity contribution < 1.29 is 27.6 Å². The second-order valence-corrected chi connectivity index (χ2v) is 9.39. The zero-order chi connectivity index (χ0) is 24.7. The summed E-state index contributed by atoms with van der Waals surface area (Å²) >= 11 is 1.40. The summed E-state index contributed by atoms with van der Waals surface area (Å²) in [6.45, 7) is -0.723. The van der Waals surface area contributed by atoms with Gasteiger partial charge in [0.15, 0.2) is 4.90 Å². The molecule has 1 amide bonds. The fraction of sp³-hybridized carbons (Fsp3) is 0.143. The third kappa shape index (κ3) is 5.50. The van der Waals surface area contributed by atoms with Crippen LogP contribution in [0, 0.1) is 10.1 Å². The van der Waals surface area contributed by atoms with Crippen LogP contribution in [-0.4, -0.2) is 46.2 Å². The van der Waals surface area contributed by atoms with Crippen LogP contribution in [0.3, 0.4) is 0 Å². The van der Waals surface area contributed by atoms with E-state index in [1.807, 2.05) is 11.4 Å². The maximum atomic E-state index is 13.6. The molecule has 0 atom stereocenters. The highest BCUT2D eigenvalue weighted by Crippen LogP contribution is 2.37. The first-order valence-electron chi connectivity index (χ1n) is 9.61. The molecule has 0 bridgehead atoms. The van der Waals surface area contributed by atoms with Crippen molar-refractivity contribution in [2.24, 2.45) is 5.10 Å². The Kier molecular flexibility index (Phi) is 7.81. The minimum atomic E-state index is -4.59. The van der Waals surface area contributed by atoms with Gasteiger partial charge in [0.05, 0.1) is 31.0 Å². The number of amides is 1. The van der Waals surface area contributed by atoms with E-state index in [-0.39, 0.29) is 11.4 Å². The number of carbonyl (C=O) groups is 1. The minimum Gasteiger partial charge on any atom is -0.497 e. The maximum absolute atomic E-state index is 13.6. The van der Waals surface area contributed by atoms with Crippen molar-refractivity contribution in [3.05, 3.63) is 75.0 Å². The minimum absolute atomic E-state index is 0.0150. The summed E-state index contributed by atoms with van der Waals surface area (Å²) in [5, 5.41) is 17.2. The summed E-state index contributed by atoms with van der Waals surface area (Å²) < 4.78 is 38.4. The molecule has 3 aromatic rings. The molecule has 0 saturated carbocycles. The van der Waals surface area contributed by atoms with Gasteiger partial charge in [-0.05, 0) is 29.6 Å². The van der Waals surface area contributed by atoms with E-state index in [0.29, 0.717) is 5.75 Å². The Morgan fingerprint density at radius 3 is 2.59 bits per heavy atom. The van der Waals surface area contributed by atoms with E-state index < -0.39 is 38.0 Å². The van der Waals surface area contributed by atoms with E-state index in [2.05, 4.69) is 10.5 Å². The lowest BCUT2D eigenvalue weighted by atomic mass is 10.2. The Hall–Kier alpha value is -3.97. The van der Waals surface area contributed by atoms with Gasteiger partial charge in [-0.1, -0.05) is 18.2 Å². The SMILES string of the molecule is COc1ccc(N(CC(=O)N/N=C\c2cccs2)S(=O)(=O)c2ccccc2[N+](=O)[O-])c(OC)c1. The summed E-state index contributed by atoms with van der Waals surface area (Å²) in [5.41, 5.74) is 1.63. The van der Waals surface area contributed by atoms with E-state index in [9.17, 15) is 23.3 Å². The summed E-state index contributed by atoms with van der Waals surface area (Å²) in [5.74, 6) is -0.308. The summed E-state index contributed by atoms with van der Waals surface area (Å²) in [6.07, 6.45) is 1.41. The van der Waals surface area contributed by atoms with Gasteiger partial charge in [-0.15, -0.1) is 11.3 Å². The van der Waals surface area contributed by atoms with E-state index in [1.165, 1.54) is 62.1 Å². The second kappa shape index (κ2) is 10.8. The van der Waals surface area contributed by atoms with Crippen LogP contribution < -0.4 is 19.2 Å². The third-order valence-corrected chi connectivity index (χ3v) is 7.11. The Morgan fingerprint density at radius 2 is 1.94 bits per heavy atom. The van der Waals surface area contributed by atoms with Gasteiger partial charge >= 0.3 is 0 Å². The Labute approximate surface area is 199 Å². The molecule has 178 valence electrons. The molecule has 3 rings (SSSR count). The molecule has 0 fully saturated rings. The van der Waals surface area contributed by atoms with Gasteiger partial charge in [0, 0.05) is 17.0 Å². The molecule has 0 unspecified atom stereocenters. The molecular formula is C21H20N4O7S2. The average molecular weight is 505 g/mol. The number of nitro groups is 1. The fourth-order valence-corrected chi connectivity index (χ4v) is 5.11. The number of para-hydroxylation sites is 1. The largest absolute Gasteiger partial charge is 0.497 e. The molecule has 2 aromatic carbocycles. The molecule has 1 N–H and O–H groups in total. The number of methoxy groups -OCH3 is 2. The number of sulfonamides is 1. The molecule has 1 heterocycles. The lowest BCUT2D eigenvalue weighted by molar-refractivity contribution is -0.387. The highest BCUT2D eigenvalue weighted by Gasteiger charge is 2.34. The van der Waals surface area contributed by atoms with Crippen molar-refractivity contribution in [3.63, 3.8) is 0 Å². The van der Waals surface area contributed by atoms with Crippen LogP contribution in [0.2, 0.25) is 0 Å². The van der Waals surface area contributed by atoms with Crippen LogP contribution in [0.15, 0.2) is 70.0 Å². The van der Waals surface area contributed by atoms with Crippen molar-refractivity contribution in [2.45, 2.75) is 4.90 Å². The summed E-state index contributed by atoms with van der Waals surface area (Å²) in [7, 11) is -1.84. The van der Waals surface area contributed by atoms with Crippen molar-refractivity contribution >= 4 is 44.9 Å². The standard InChI is InChI=1S/C21H20N4O7S2/c1-31-15-9-10-17(19(12-15)32-2)24(14-21(26)23-22-13-16-6-5-11-33-16)34(29,30)20-8-4-3-7-18(20)25(27)28/h3-13H,14H2,1-2H3,(H,23,26)/b22-13-. The predicted octanol–water partition coefficient (Wildman–Crippen LogP) is 3.02. The number of hydrogen-bond donors (Lipinski definition) is 1. The lowest BCUT2D eigenvalue weighted by Gasteiger charge is -2.25. The smallest absolute Gasteiger partial charge is 0.289 e. The van der Waals surface area contributed by atoms with Crippen LogP contribution in [-0.2, 0) is 14.8 Å². The molecule has 0 aliphatic carbocycles. The van der Waals surface area contributed by atoms with E-state index in [1.54, 1.807) is 6.07 Å². The van der Waals surface area contributed by atoms with Gasteiger partial charge in [0.25, 0.3) is 21.6 Å². The normalized spacial score (nSPS) is 11.2. The van der Waals surface area contributed by atoms with Crippen LogP contribution in [0.4, 0.5) is 11.4 Å². The number of nitrogens with one attached hydrogen (secondary N) is 1. The van der Waals surface area contributed by atoms with Crippen LogP contribution in [0.25, 0.3) is 0 Å².